The second-order valence-corrected chi connectivity index (χ2v) is 4.60. The number of alkyl halides is 2. The summed E-state index contributed by atoms with van der Waals surface area (Å²) in [5.74, 6) is 0.538. The first kappa shape index (κ1) is 21.4. The molecule has 0 saturated carbocycles. The molecule has 5 nitrogen and oxygen atoms in total. The van der Waals surface area contributed by atoms with Crippen LogP contribution in [-0.2, 0) is 6.54 Å². The van der Waals surface area contributed by atoms with Gasteiger partial charge in [0.1, 0.15) is 0 Å². The monoisotopic (exact) mass is 441 g/mol. The van der Waals surface area contributed by atoms with E-state index >= 15 is 0 Å². The van der Waals surface area contributed by atoms with Crippen LogP contribution in [0.4, 0.5) is 8.78 Å². The summed E-state index contributed by atoms with van der Waals surface area (Å²) in [6.45, 7) is 5.66. The lowest BCUT2D eigenvalue weighted by molar-refractivity contribution is -0.0514. The number of hydrogen-bond donors (Lipinski definition) is 2. The largest absolute Gasteiger partial charge is 0.490 e. The summed E-state index contributed by atoms with van der Waals surface area (Å²) in [4.78, 5) is 4.16. The number of aliphatic imine (C=N–C) groups is 1. The summed E-state index contributed by atoms with van der Waals surface area (Å²) in [6.07, 6.45) is 0. The quantitative estimate of drug-likeness (QED) is 0.281. The van der Waals surface area contributed by atoms with Gasteiger partial charge in [-0.2, -0.15) is 8.78 Å². The van der Waals surface area contributed by atoms with Gasteiger partial charge in [0.2, 0.25) is 0 Å². The molecule has 0 heterocycles. The van der Waals surface area contributed by atoms with Crippen LogP contribution >= 0.6 is 24.0 Å². The first-order chi connectivity index (χ1) is 10.4. The van der Waals surface area contributed by atoms with E-state index in [0.29, 0.717) is 19.7 Å². The smallest absolute Gasteiger partial charge is 0.387 e. The van der Waals surface area contributed by atoms with E-state index in [0.717, 1.165) is 11.1 Å². The van der Waals surface area contributed by atoms with Crippen LogP contribution in [-0.4, -0.2) is 25.7 Å². The summed E-state index contributed by atoms with van der Waals surface area (Å²) >= 11 is 0. The highest BCUT2D eigenvalue weighted by molar-refractivity contribution is 14.0. The van der Waals surface area contributed by atoms with Crippen molar-refractivity contribution in [3.05, 3.63) is 35.9 Å². The second kappa shape index (κ2) is 11.0. The van der Waals surface area contributed by atoms with Gasteiger partial charge in [0.05, 0.1) is 13.2 Å². The topological polar surface area (TPSA) is 68.9 Å². The molecule has 0 saturated heterocycles. The summed E-state index contributed by atoms with van der Waals surface area (Å²) in [5, 5.41) is 2.90. The first-order valence-electron chi connectivity index (χ1n) is 6.81. The summed E-state index contributed by atoms with van der Waals surface area (Å²) in [6, 6.07) is 4.67. The lowest BCUT2D eigenvalue weighted by Gasteiger charge is -2.12. The van der Waals surface area contributed by atoms with Crippen LogP contribution in [0.15, 0.2) is 35.3 Å². The molecule has 130 valence electrons. The molecule has 1 aromatic carbocycles. The maximum atomic E-state index is 12.3. The Hall–Kier alpha value is -1.58. The van der Waals surface area contributed by atoms with Crippen LogP contribution in [0.1, 0.15) is 19.4 Å². The molecule has 0 radical (unpaired) electrons. The molecule has 0 spiro atoms. The Morgan fingerprint density at radius 1 is 1.39 bits per heavy atom. The molecule has 8 heteroatoms. The van der Waals surface area contributed by atoms with Crippen LogP contribution in [0.5, 0.6) is 11.5 Å². The second-order valence-electron chi connectivity index (χ2n) is 4.60. The van der Waals surface area contributed by atoms with Gasteiger partial charge in [-0.25, -0.2) is 4.99 Å². The van der Waals surface area contributed by atoms with Crippen LogP contribution in [0.25, 0.3) is 0 Å². The fourth-order valence-corrected chi connectivity index (χ4v) is 1.59. The number of ether oxygens (including phenoxy) is 2. The Kier molecular flexibility index (Phi) is 10.3. The minimum atomic E-state index is -2.90. The Morgan fingerprint density at radius 2 is 2.09 bits per heavy atom. The summed E-state index contributed by atoms with van der Waals surface area (Å²) in [7, 11) is 0. The fourth-order valence-electron chi connectivity index (χ4n) is 1.59. The lowest BCUT2D eigenvalue weighted by Crippen LogP contribution is -2.32. The fraction of sp³-hybridized carbons (Fsp3) is 0.400. The van der Waals surface area contributed by atoms with Crippen molar-refractivity contribution in [1.82, 2.24) is 5.32 Å². The molecule has 0 unspecified atom stereocenters. The van der Waals surface area contributed by atoms with Crippen molar-refractivity contribution >= 4 is 29.9 Å². The summed E-state index contributed by atoms with van der Waals surface area (Å²) in [5.41, 5.74) is 7.41. The van der Waals surface area contributed by atoms with Crippen molar-refractivity contribution in [1.29, 1.82) is 0 Å². The van der Waals surface area contributed by atoms with Gasteiger partial charge in [-0.3, -0.25) is 0 Å². The van der Waals surface area contributed by atoms with Gasteiger partial charge >= 0.3 is 6.61 Å². The maximum Gasteiger partial charge on any atom is 0.387 e. The Balaban J connectivity index is 0.00000484. The van der Waals surface area contributed by atoms with Crippen LogP contribution in [0, 0.1) is 0 Å². The van der Waals surface area contributed by atoms with Crippen molar-refractivity contribution in [2.24, 2.45) is 10.7 Å². The molecule has 0 aliphatic carbocycles. The molecule has 1 aromatic rings. The van der Waals surface area contributed by atoms with Gasteiger partial charge < -0.3 is 20.5 Å². The number of nitrogens with two attached hydrogens (primary N) is 1. The van der Waals surface area contributed by atoms with Gasteiger partial charge in [-0.05, 0) is 31.5 Å². The minimum Gasteiger partial charge on any atom is -0.490 e. The first-order valence-corrected chi connectivity index (χ1v) is 6.81. The molecule has 0 aliphatic rings. The minimum absolute atomic E-state index is 0. The molecule has 0 atom stereocenters. The molecule has 23 heavy (non-hydrogen) atoms. The zero-order valence-electron chi connectivity index (χ0n) is 13.1. The van der Waals surface area contributed by atoms with Gasteiger partial charge in [-0.1, -0.05) is 18.2 Å². The molecule has 3 N–H and O–H groups in total. The molecule has 0 fully saturated rings. The molecule has 0 bridgehead atoms. The molecular weight excluding hydrogens is 419 g/mol. The standard InChI is InChI=1S/C15H21F2N3O2.HI/c1-4-21-13-7-11(5-6-12(13)22-14(16)17)9-20-15(18)19-8-10(2)3;/h5-7,14H,2,4,8-9H2,1,3H3,(H3,18,19,20);1H. The van der Waals surface area contributed by atoms with E-state index < -0.39 is 6.61 Å². The molecule has 0 amide bonds. The van der Waals surface area contributed by atoms with Crippen LogP contribution < -0.4 is 20.5 Å². The van der Waals surface area contributed by atoms with Crippen molar-refractivity contribution < 1.29 is 18.3 Å². The van der Waals surface area contributed by atoms with E-state index in [4.69, 9.17) is 10.5 Å². The van der Waals surface area contributed by atoms with E-state index in [9.17, 15) is 8.78 Å². The third-order valence-electron chi connectivity index (χ3n) is 2.53. The highest BCUT2D eigenvalue weighted by Crippen LogP contribution is 2.30. The van der Waals surface area contributed by atoms with E-state index in [1.165, 1.54) is 6.07 Å². The number of benzene rings is 1. The van der Waals surface area contributed by atoms with Gasteiger partial charge in [0.15, 0.2) is 17.5 Å². The van der Waals surface area contributed by atoms with Crippen molar-refractivity contribution in [3.63, 3.8) is 0 Å². The lowest BCUT2D eigenvalue weighted by atomic mass is 10.2. The number of hydrogen-bond acceptors (Lipinski definition) is 3. The number of guanidine groups is 1. The van der Waals surface area contributed by atoms with E-state index in [2.05, 4.69) is 21.6 Å². The normalized spacial score (nSPS) is 10.9. The Morgan fingerprint density at radius 3 is 2.65 bits per heavy atom. The van der Waals surface area contributed by atoms with Crippen molar-refractivity contribution in [3.8, 4) is 11.5 Å². The highest BCUT2D eigenvalue weighted by Gasteiger charge is 2.11. The zero-order chi connectivity index (χ0) is 16.5. The van der Waals surface area contributed by atoms with Crippen molar-refractivity contribution in [2.45, 2.75) is 27.0 Å². The van der Waals surface area contributed by atoms with Gasteiger partial charge in [0.25, 0.3) is 0 Å². The zero-order valence-corrected chi connectivity index (χ0v) is 15.5. The van der Waals surface area contributed by atoms with E-state index in [1.54, 1.807) is 19.1 Å². The summed E-state index contributed by atoms with van der Waals surface area (Å²) < 4.78 is 34.3. The molecule has 1 rings (SSSR count). The predicted molar refractivity (Wildman–Crippen MR) is 97.8 cm³/mol. The molecular formula is C15H22F2IN3O2. The predicted octanol–water partition coefficient (Wildman–Crippen LogP) is 3.29. The average molecular weight is 441 g/mol. The van der Waals surface area contributed by atoms with E-state index in [1.807, 2.05) is 6.92 Å². The van der Waals surface area contributed by atoms with Crippen LogP contribution in [0.2, 0.25) is 0 Å². The number of nitrogens with zero attached hydrogens (tertiary/aromatic N) is 1. The average Bonchev–Trinajstić information content (AvgIpc) is 2.45. The third kappa shape index (κ3) is 8.58. The Labute approximate surface area is 152 Å². The number of halogens is 3. The number of rotatable bonds is 8. The molecule has 0 aliphatic heterocycles. The Bertz CT molecular complexity index is 539. The third-order valence-corrected chi connectivity index (χ3v) is 2.53. The maximum absolute atomic E-state index is 12.3. The van der Waals surface area contributed by atoms with Crippen molar-refractivity contribution in [2.75, 3.05) is 13.2 Å². The molecule has 0 aromatic heterocycles. The SMILES string of the molecule is C=C(C)CNC(N)=NCc1ccc(OC(F)F)c(OCC)c1.I. The van der Waals surface area contributed by atoms with Gasteiger partial charge in [0, 0.05) is 6.54 Å². The highest BCUT2D eigenvalue weighted by atomic mass is 127. The number of nitrogens with one attached hydrogen (secondary N) is 1. The van der Waals surface area contributed by atoms with E-state index in [-0.39, 0.29) is 41.4 Å². The van der Waals surface area contributed by atoms with Crippen LogP contribution in [0.3, 0.4) is 0 Å². The van der Waals surface area contributed by atoms with Gasteiger partial charge in [-0.15, -0.1) is 24.0 Å².